The molecule has 0 saturated carbocycles. The van der Waals surface area contributed by atoms with Crippen LogP contribution in [0, 0.1) is 11.3 Å². The van der Waals surface area contributed by atoms with Crippen LogP contribution >= 0.6 is 0 Å². The monoisotopic (exact) mass is 401 g/mol. The van der Waals surface area contributed by atoms with Gasteiger partial charge in [-0.05, 0) is 42.5 Å². The zero-order valence-corrected chi connectivity index (χ0v) is 16.2. The number of nitriles is 1. The molecular formula is C25H15N5O. The number of hydrogen-bond acceptors (Lipinski definition) is 4. The molecule has 0 aliphatic rings. The lowest BCUT2D eigenvalue weighted by molar-refractivity contribution is 0.475. The van der Waals surface area contributed by atoms with Crippen LogP contribution in [0.15, 0.2) is 79.0 Å². The molecule has 31 heavy (non-hydrogen) atoms. The maximum absolute atomic E-state index is 10.2. The summed E-state index contributed by atoms with van der Waals surface area (Å²) in [6.07, 6.45) is 1.89. The lowest BCUT2D eigenvalue weighted by atomic mass is 10.00. The number of nitrogens with zero attached hydrogens (tertiary/aromatic N) is 4. The van der Waals surface area contributed by atoms with E-state index >= 15 is 0 Å². The summed E-state index contributed by atoms with van der Waals surface area (Å²) in [4.78, 5) is 8.22. The van der Waals surface area contributed by atoms with E-state index in [0.717, 1.165) is 32.9 Å². The molecule has 146 valence electrons. The minimum absolute atomic E-state index is 0.162. The van der Waals surface area contributed by atoms with E-state index in [2.05, 4.69) is 11.1 Å². The number of rotatable bonds is 2. The van der Waals surface area contributed by atoms with Crippen molar-refractivity contribution in [2.45, 2.75) is 0 Å². The third kappa shape index (κ3) is 2.51. The number of aromatic nitrogens is 4. The summed E-state index contributed by atoms with van der Waals surface area (Å²) in [6, 6.07) is 24.9. The zero-order valence-electron chi connectivity index (χ0n) is 16.2. The molecule has 0 spiro atoms. The first-order valence-electron chi connectivity index (χ1n) is 9.82. The summed E-state index contributed by atoms with van der Waals surface area (Å²) in [5, 5.41) is 26.7. The van der Waals surface area contributed by atoms with Crippen LogP contribution < -0.4 is 0 Å². The molecule has 3 aromatic carbocycles. The Bertz CT molecular complexity index is 1650. The Kier molecular flexibility index (Phi) is 3.58. The lowest BCUT2D eigenvalue weighted by Crippen LogP contribution is -2.03. The molecule has 0 radical (unpaired) electrons. The van der Waals surface area contributed by atoms with Gasteiger partial charge in [0.25, 0.3) is 0 Å². The number of aromatic hydroxyl groups is 1. The third-order valence-corrected chi connectivity index (χ3v) is 5.55. The number of para-hydroxylation sites is 1. The molecule has 3 aromatic heterocycles. The van der Waals surface area contributed by atoms with Crippen molar-refractivity contribution in [1.82, 2.24) is 19.6 Å². The second-order valence-electron chi connectivity index (χ2n) is 7.34. The molecule has 0 atom stereocenters. The van der Waals surface area contributed by atoms with Crippen molar-refractivity contribution in [3.63, 3.8) is 0 Å². The number of phenols is 1. The van der Waals surface area contributed by atoms with Gasteiger partial charge >= 0.3 is 0 Å². The van der Waals surface area contributed by atoms with E-state index < -0.39 is 0 Å². The standard InChI is InChI=1S/C25H15N5O/c26-13-19-23(20-14-27-21-7-3-1-5-17(20)21)28-25-18-6-2-4-8-22(18)29-30(25)24(19)15-9-11-16(31)12-10-15/h1-12,14,27,31H. The number of fused-ring (bicyclic) bond motifs is 4. The van der Waals surface area contributed by atoms with Crippen molar-refractivity contribution in [3.05, 3.63) is 84.6 Å². The van der Waals surface area contributed by atoms with Crippen molar-refractivity contribution in [2.24, 2.45) is 0 Å². The fourth-order valence-electron chi connectivity index (χ4n) is 4.12. The Labute approximate surface area is 176 Å². The number of H-pyrrole nitrogens is 1. The summed E-state index contributed by atoms with van der Waals surface area (Å²) >= 11 is 0. The fraction of sp³-hybridized carbons (Fsp3) is 0. The number of nitrogens with one attached hydrogen (secondary N) is 1. The summed E-state index contributed by atoms with van der Waals surface area (Å²) in [7, 11) is 0. The van der Waals surface area contributed by atoms with Crippen LogP contribution in [0.25, 0.3) is 50.0 Å². The fourth-order valence-corrected chi connectivity index (χ4v) is 4.12. The largest absolute Gasteiger partial charge is 0.508 e. The molecular weight excluding hydrogens is 386 g/mol. The van der Waals surface area contributed by atoms with E-state index in [4.69, 9.17) is 10.1 Å². The van der Waals surface area contributed by atoms with Gasteiger partial charge in [-0.1, -0.05) is 30.3 Å². The van der Waals surface area contributed by atoms with Gasteiger partial charge in [0.05, 0.1) is 16.9 Å². The Morgan fingerprint density at radius 3 is 2.45 bits per heavy atom. The Morgan fingerprint density at radius 2 is 1.65 bits per heavy atom. The maximum atomic E-state index is 10.2. The SMILES string of the molecule is N#Cc1c(-c2c[nH]c3ccccc23)nc2c3ccccc3nn2c1-c1ccc(O)cc1. The Morgan fingerprint density at radius 1 is 0.903 bits per heavy atom. The second-order valence-corrected chi connectivity index (χ2v) is 7.34. The van der Waals surface area contributed by atoms with Gasteiger partial charge in [0.15, 0.2) is 5.65 Å². The van der Waals surface area contributed by atoms with Gasteiger partial charge in [0.2, 0.25) is 0 Å². The minimum Gasteiger partial charge on any atom is -0.508 e. The van der Waals surface area contributed by atoms with E-state index in [1.165, 1.54) is 0 Å². The van der Waals surface area contributed by atoms with Gasteiger partial charge in [0, 0.05) is 33.6 Å². The summed E-state index contributed by atoms with van der Waals surface area (Å²) in [5.41, 5.74) is 5.76. The molecule has 0 bridgehead atoms. The smallest absolute Gasteiger partial charge is 0.164 e. The first kappa shape index (κ1) is 17.2. The van der Waals surface area contributed by atoms with Gasteiger partial charge in [0.1, 0.15) is 17.4 Å². The zero-order chi connectivity index (χ0) is 20.9. The molecule has 6 heteroatoms. The average molecular weight is 401 g/mol. The molecule has 2 N–H and O–H groups in total. The summed E-state index contributed by atoms with van der Waals surface area (Å²) < 4.78 is 1.73. The Hall–Kier alpha value is -4.63. The van der Waals surface area contributed by atoms with E-state index in [9.17, 15) is 10.4 Å². The van der Waals surface area contributed by atoms with Crippen LogP contribution in [0.1, 0.15) is 5.56 Å². The van der Waals surface area contributed by atoms with Gasteiger partial charge in [-0.15, -0.1) is 0 Å². The van der Waals surface area contributed by atoms with Crippen molar-refractivity contribution in [1.29, 1.82) is 5.26 Å². The highest BCUT2D eigenvalue weighted by molar-refractivity contribution is 6.00. The molecule has 0 fully saturated rings. The highest BCUT2D eigenvalue weighted by atomic mass is 16.3. The van der Waals surface area contributed by atoms with E-state index in [1.807, 2.05) is 54.7 Å². The quantitative estimate of drug-likeness (QED) is 0.413. The van der Waals surface area contributed by atoms with Crippen LogP contribution in [-0.4, -0.2) is 24.7 Å². The van der Waals surface area contributed by atoms with Crippen molar-refractivity contribution < 1.29 is 5.11 Å². The first-order valence-corrected chi connectivity index (χ1v) is 9.82. The normalized spacial score (nSPS) is 11.3. The van der Waals surface area contributed by atoms with Gasteiger partial charge < -0.3 is 10.1 Å². The van der Waals surface area contributed by atoms with Crippen LogP contribution in [0.4, 0.5) is 0 Å². The predicted octanol–water partition coefficient (Wildman–Crippen LogP) is 5.28. The van der Waals surface area contributed by atoms with Crippen LogP contribution in [0.3, 0.4) is 0 Å². The highest BCUT2D eigenvalue weighted by Crippen LogP contribution is 2.36. The molecule has 6 aromatic rings. The van der Waals surface area contributed by atoms with Crippen molar-refractivity contribution in [3.8, 4) is 34.3 Å². The van der Waals surface area contributed by atoms with Crippen molar-refractivity contribution >= 4 is 27.5 Å². The van der Waals surface area contributed by atoms with Crippen LogP contribution in [0.5, 0.6) is 5.75 Å². The lowest BCUT2D eigenvalue weighted by Gasteiger charge is -2.12. The molecule has 6 nitrogen and oxygen atoms in total. The van der Waals surface area contributed by atoms with E-state index in [0.29, 0.717) is 22.6 Å². The predicted molar refractivity (Wildman–Crippen MR) is 120 cm³/mol. The summed E-state index contributed by atoms with van der Waals surface area (Å²) in [6.45, 7) is 0. The number of aromatic amines is 1. The molecule has 0 aliphatic heterocycles. The first-order chi connectivity index (χ1) is 15.2. The molecule has 0 aliphatic carbocycles. The van der Waals surface area contributed by atoms with E-state index in [-0.39, 0.29) is 5.75 Å². The molecule has 3 heterocycles. The van der Waals surface area contributed by atoms with Crippen LogP contribution in [0.2, 0.25) is 0 Å². The Balaban J connectivity index is 1.80. The second kappa shape index (κ2) is 6.44. The molecule has 0 saturated heterocycles. The molecule has 0 amide bonds. The van der Waals surface area contributed by atoms with Crippen LogP contribution in [-0.2, 0) is 0 Å². The maximum Gasteiger partial charge on any atom is 0.164 e. The van der Waals surface area contributed by atoms with Gasteiger partial charge in [-0.2, -0.15) is 10.4 Å². The molecule has 0 unspecified atom stereocenters. The highest BCUT2D eigenvalue weighted by Gasteiger charge is 2.22. The number of benzene rings is 3. The average Bonchev–Trinajstić information content (AvgIpc) is 3.40. The van der Waals surface area contributed by atoms with Gasteiger partial charge in [-0.3, -0.25) is 0 Å². The topological polar surface area (TPSA) is 90.0 Å². The number of hydrogen-bond donors (Lipinski definition) is 2. The van der Waals surface area contributed by atoms with E-state index in [1.54, 1.807) is 28.8 Å². The number of phenolic OH excluding ortho intramolecular Hbond substituents is 1. The minimum atomic E-state index is 0.162. The molecule has 6 rings (SSSR count). The van der Waals surface area contributed by atoms with Gasteiger partial charge in [-0.25, -0.2) is 9.50 Å². The van der Waals surface area contributed by atoms with Crippen molar-refractivity contribution in [2.75, 3.05) is 0 Å². The third-order valence-electron chi connectivity index (χ3n) is 5.55. The summed E-state index contributed by atoms with van der Waals surface area (Å²) in [5.74, 6) is 0.162.